The number of benzene rings is 2. The number of allylic oxidation sites excluding steroid dienone is 2. The molecule has 3 nitrogen and oxygen atoms in total. The Morgan fingerprint density at radius 1 is 0.957 bits per heavy atom. The smallest absolute Gasteiger partial charge is 0.130 e. The lowest BCUT2D eigenvalue weighted by molar-refractivity contribution is 0.607. The first kappa shape index (κ1) is 13.8. The van der Waals surface area contributed by atoms with Crippen molar-refractivity contribution in [2.24, 2.45) is 0 Å². The lowest BCUT2D eigenvalue weighted by Crippen LogP contribution is -2.19. The van der Waals surface area contributed by atoms with Crippen molar-refractivity contribution in [2.75, 3.05) is 5.32 Å². The molecule has 1 aliphatic rings. The molecule has 0 fully saturated rings. The highest BCUT2D eigenvalue weighted by atomic mass is 15.4. The topological polar surface area (TPSA) is 29.9 Å². The maximum Gasteiger partial charge on any atom is 0.130 e. The van der Waals surface area contributed by atoms with Crippen LogP contribution in [0.4, 0.5) is 5.82 Å². The van der Waals surface area contributed by atoms with Crippen molar-refractivity contribution in [3.8, 4) is 11.3 Å². The van der Waals surface area contributed by atoms with Gasteiger partial charge in [0.1, 0.15) is 5.82 Å². The van der Waals surface area contributed by atoms with Crippen LogP contribution in [0.2, 0.25) is 0 Å². The van der Waals surface area contributed by atoms with Gasteiger partial charge in [-0.3, -0.25) is 0 Å². The Labute approximate surface area is 136 Å². The van der Waals surface area contributed by atoms with Crippen molar-refractivity contribution in [2.45, 2.75) is 19.9 Å². The molecule has 3 heteroatoms. The Balaban J connectivity index is 1.79. The van der Waals surface area contributed by atoms with Crippen LogP contribution in [-0.4, -0.2) is 9.78 Å². The van der Waals surface area contributed by atoms with E-state index in [4.69, 9.17) is 5.10 Å². The van der Waals surface area contributed by atoms with Gasteiger partial charge in [-0.25, -0.2) is 4.68 Å². The molecule has 2 aromatic carbocycles. The summed E-state index contributed by atoms with van der Waals surface area (Å²) >= 11 is 0. The van der Waals surface area contributed by atoms with Gasteiger partial charge in [-0.1, -0.05) is 60.2 Å². The van der Waals surface area contributed by atoms with Gasteiger partial charge in [0.25, 0.3) is 0 Å². The quantitative estimate of drug-likeness (QED) is 0.738. The molecule has 0 amide bonds. The molecule has 3 aromatic rings. The number of hydrogen-bond acceptors (Lipinski definition) is 2. The molecule has 0 bridgehead atoms. The first-order valence-corrected chi connectivity index (χ1v) is 7.88. The SMILES string of the molecule is CC1=CC(c2ccccc2)n2nc(-c3ccc(C)cc3)cc2N1. The molecule has 1 aromatic heterocycles. The minimum atomic E-state index is 0.131. The van der Waals surface area contributed by atoms with Crippen LogP contribution >= 0.6 is 0 Å². The predicted octanol–water partition coefficient (Wildman–Crippen LogP) is 4.78. The molecule has 2 heterocycles. The molecule has 0 saturated heterocycles. The summed E-state index contributed by atoms with van der Waals surface area (Å²) in [5.41, 5.74) is 5.80. The summed E-state index contributed by atoms with van der Waals surface area (Å²) in [6, 6.07) is 21.2. The van der Waals surface area contributed by atoms with Gasteiger partial charge < -0.3 is 5.32 Å². The molecule has 23 heavy (non-hydrogen) atoms. The highest BCUT2D eigenvalue weighted by Gasteiger charge is 2.22. The Morgan fingerprint density at radius 2 is 1.70 bits per heavy atom. The Bertz CT molecular complexity index is 858. The van der Waals surface area contributed by atoms with Gasteiger partial charge in [0.05, 0.1) is 11.7 Å². The van der Waals surface area contributed by atoms with Crippen LogP contribution in [0.3, 0.4) is 0 Å². The van der Waals surface area contributed by atoms with Gasteiger partial charge in [0, 0.05) is 17.3 Å². The lowest BCUT2D eigenvalue weighted by atomic mass is 10.0. The summed E-state index contributed by atoms with van der Waals surface area (Å²) in [6.07, 6.45) is 2.22. The van der Waals surface area contributed by atoms with Crippen LogP contribution in [0.1, 0.15) is 24.1 Å². The monoisotopic (exact) mass is 301 g/mol. The standard InChI is InChI=1S/C20H19N3/c1-14-8-10-16(11-9-14)18-13-20-21-15(2)12-19(23(20)22-18)17-6-4-3-5-7-17/h3-13,19,21H,1-2H3. The summed E-state index contributed by atoms with van der Waals surface area (Å²) in [5, 5.41) is 8.28. The fraction of sp³-hybridized carbons (Fsp3) is 0.150. The number of aromatic nitrogens is 2. The third kappa shape index (κ3) is 2.55. The van der Waals surface area contributed by atoms with Crippen molar-refractivity contribution in [3.05, 3.63) is 83.6 Å². The van der Waals surface area contributed by atoms with Crippen LogP contribution in [0.15, 0.2) is 72.4 Å². The van der Waals surface area contributed by atoms with E-state index in [0.717, 1.165) is 22.8 Å². The zero-order valence-corrected chi connectivity index (χ0v) is 13.3. The van der Waals surface area contributed by atoms with E-state index in [1.165, 1.54) is 11.1 Å². The zero-order valence-electron chi connectivity index (χ0n) is 13.3. The Hall–Kier alpha value is -2.81. The minimum Gasteiger partial charge on any atom is -0.344 e. The molecule has 0 aliphatic carbocycles. The molecule has 0 spiro atoms. The second-order valence-corrected chi connectivity index (χ2v) is 6.06. The Kier molecular flexibility index (Phi) is 3.27. The van der Waals surface area contributed by atoms with Crippen molar-refractivity contribution in [3.63, 3.8) is 0 Å². The van der Waals surface area contributed by atoms with E-state index in [0.29, 0.717) is 0 Å². The molecule has 1 atom stereocenters. The zero-order chi connectivity index (χ0) is 15.8. The second kappa shape index (κ2) is 5.43. The van der Waals surface area contributed by atoms with Gasteiger partial charge in [0.2, 0.25) is 0 Å². The maximum absolute atomic E-state index is 4.85. The van der Waals surface area contributed by atoms with Gasteiger partial charge in [0.15, 0.2) is 0 Å². The van der Waals surface area contributed by atoms with Crippen molar-refractivity contribution in [1.29, 1.82) is 0 Å². The van der Waals surface area contributed by atoms with E-state index in [1.807, 2.05) is 6.07 Å². The van der Waals surface area contributed by atoms with Crippen LogP contribution in [0.5, 0.6) is 0 Å². The first-order chi connectivity index (χ1) is 11.2. The van der Waals surface area contributed by atoms with Crippen LogP contribution in [0, 0.1) is 6.92 Å². The summed E-state index contributed by atoms with van der Waals surface area (Å²) < 4.78 is 2.07. The van der Waals surface area contributed by atoms with Crippen molar-refractivity contribution < 1.29 is 0 Å². The second-order valence-electron chi connectivity index (χ2n) is 6.06. The number of nitrogens with one attached hydrogen (secondary N) is 1. The fourth-order valence-electron chi connectivity index (χ4n) is 3.00. The van der Waals surface area contributed by atoms with E-state index in [-0.39, 0.29) is 6.04 Å². The molecular formula is C20H19N3. The van der Waals surface area contributed by atoms with Crippen LogP contribution in [0.25, 0.3) is 11.3 Å². The van der Waals surface area contributed by atoms with E-state index in [9.17, 15) is 0 Å². The number of rotatable bonds is 2. The summed E-state index contributed by atoms with van der Waals surface area (Å²) in [4.78, 5) is 0. The molecule has 1 unspecified atom stereocenters. The normalized spacial score (nSPS) is 16.4. The molecule has 4 rings (SSSR count). The average molecular weight is 301 g/mol. The predicted molar refractivity (Wildman–Crippen MR) is 94.4 cm³/mol. The number of hydrogen-bond donors (Lipinski definition) is 1. The van der Waals surface area contributed by atoms with Crippen LogP contribution < -0.4 is 5.32 Å². The molecule has 1 aliphatic heterocycles. The maximum atomic E-state index is 4.85. The van der Waals surface area contributed by atoms with E-state index < -0.39 is 0 Å². The third-order valence-corrected chi connectivity index (χ3v) is 4.22. The molecule has 0 saturated carbocycles. The average Bonchev–Trinajstić information content (AvgIpc) is 2.99. The van der Waals surface area contributed by atoms with Crippen molar-refractivity contribution >= 4 is 5.82 Å². The van der Waals surface area contributed by atoms with E-state index in [2.05, 4.69) is 84.5 Å². The Morgan fingerprint density at radius 3 is 2.43 bits per heavy atom. The molecule has 114 valence electrons. The van der Waals surface area contributed by atoms with Gasteiger partial charge >= 0.3 is 0 Å². The highest BCUT2D eigenvalue weighted by Crippen LogP contribution is 2.32. The number of fused-ring (bicyclic) bond motifs is 1. The largest absolute Gasteiger partial charge is 0.344 e. The summed E-state index contributed by atoms with van der Waals surface area (Å²) in [7, 11) is 0. The number of anilines is 1. The first-order valence-electron chi connectivity index (χ1n) is 7.88. The van der Waals surface area contributed by atoms with Crippen LogP contribution in [-0.2, 0) is 0 Å². The van der Waals surface area contributed by atoms with E-state index in [1.54, 1.807) is 0 Å². The number of aryl methyl sites for hydroxylation is 1. The summed E-state index contributed by atoms with van der Waals surface area (Å²) in [5.74, 6) is 1.04. The third-order valence-electron chi connectivity index (χ3n) is 4.22. The van der Waals surface area contributed by atoms with Gasteiger partial charge in [-0.15, -0.1) is 0 Å². The summed E-state index contributed by atoms with van der Waals surface area (Å²) in [6.45, 7) is 4.19. The highest BCUT2D eigenvalue weighted by molar-refractivity contribution is 5.65. The lowest BCUT2D eigenvalue weighted by Gasteiger charge is -2.23. The fourth-order valence-corrected chi connectivity index (χ4v) is 3.00. The molecule has 1 N–H and O–H groups in total. The number of nitrogens with zero attached hydrogens (tertiary/aromatic N) is 2. The molecular weight excluding hydrogens is 282 g/mol. The molecule has 0 radical (unpaired) electrons. The van der Waals surface area contributed by atoms with Gasteiger partial charge in [-0.2, -0.15) is 5.10 Å². The van der Waals surface area contributed by atoms with Crippen molar-refractivity contribution in [1.82, 2.24) is 9.78 Å². The van der Waals surface area contributed by atoms with Gasteiger partial charge in [-0.05, 0) is 25.5 Å². The minimum absolute atomic E-state index is 0.131. The van der Waals surface area contributed by atoms with E-state index >= 15 is 0 Å².